The Morgan fingerprint density at radius 2 is 1.81 bits per heavy atom. The molecule has 5 nitrogen and oxygen atoms in total. The summed E-state index contributed by atoms with van der Waals surface area (Å²) < 4.78 is 0. The maximum Gasteiger partial charge on any atom is 0.232 e. The number of hydrogen-bond acceptors (Lipinski definition) is 3. The van der Waals surface area contributed by atoms with E-state index in [4.69, 9.17) is 0 Å². The van der Waals surface area contributed by atoms with Crippen molar-refractivity contribution in [1.82, 2.24) is 5.32 Å². The minimum atomic E-state index is -0.233. The van der Waals surface area contributed by atoms with Crippen LogP contribution in [0.5, 0.6) is 0 Å². The maximum atomic E-state index is 12.4. The van der Waals surface area contributed by atoms with E-state index in [0.29, 0.717) is 19.4 Å². The van der Waals surface area contributed by atoms with Crippen LogP contribution in [0.25, 0.3) is 0 Å². The Hall–Kier alpha value is -2.82. The van der Waals surface area contributed by atoms with Crippen molar-refractivity contribution in [3.8, 4) is 0 Å². The topological polar surface area (TPSA) is 61.4 Å². The molecular weight excluding hydrogens is 338 g/mol. The highest BCUT2D eigenvalue weighted by molar-refractivity contribution is 6.03. The summed E-state index contributed by atoms with van der Waals surface area (Å²) in [4.78, 5) is 26.9. The van der Waals surface area contributed by atoms with E-state index in [-0.39, 0.29) is 17.7 Å². The van der Waals surface area contributed by atoms with Crippen LogP contribution >= 0.6 is 0 Å². The highest BCUT2D eigenvalue weighted by Gasteiger charge is 2.30. The van der Waals surface area contributed by atoms with Gasteiger partial charge in [-0.05, 0) is 42.5 Å². The van der Waals surface area contributed by atoms with Crippen molar-refractivity contribution in [3.05, 3.63) is 59.7 Å². The minimum absolute atomic E-state index is 0.0107. The number of anilines is 2. The van der Waals surface area contributed by atoms with Gasteiger partial charge in [-0.15, -0.1) is 0 Å². The third-order valence-electron chi connectivity index (χ3n) is 5.49. The number of rotatable bonds is 6. The summed E-state index contributed by atoms with van der Waals surface area (Å²) in [6.07, 6.45) is 3.33. The first-order valence-electron chi connectivity index (χ1n) is 9.72. The van der Waals surface area contributed by atoms with Gasteiger partial charge in [-0.3, -0.25) is 9.59 Å². The van der Waals surface area contributed by atoms with E-state index in [1.54, 1.807) is 0 Å². The summed E-state index contributed by atoms with van der Waals surface area (Å²) >= 11 is 0. The summed E-state index contributed by atoms with van der Waals surface area (Å²) in [6.45, 7) is 2.70. The summed E-state index contributed by atoms with van der Waals surface area (Å²) in [5.41, 5.74) is 4.23. The summed E-state index contributed by atoms with van der Waals surface area (Å²) in [7, 11) is 0. The van der Waals surface area contributed by atoms with Crippen molar-refractivity contribution in [2.45, 2.75) is 38.1 Å². The molecule has 140 valence electrons. The Morgan fingerprint density at radius 1 is 1.07 bits per heavy atom. The summed E-state index contributed by atoms with van der Waals surface area (Å²) in [5.74, 6) is -0.254. The standard InChI is InChI=1S/C22H25N3O2/c26-21(12-11-18-17-8-2-3-9-19(17)24-22(18)27)23-15-16-7-1-4-10-20(16)25-13-5-6-14-25/h1-4,7-10,18H,5-6,11-15H2,(H,23,26)(H,24,27)/t18-/m1/s1. The van der Waals surface area contributed by atoms with Crippen molar-refractivity contribution in [2.24, 2.45) is 0 Å². The molecule has 5 heteroatoms. The van der Waals surface area contributed by atoms with Crippen LogP contribution < -0.4 is 15.5 Å². The van der Waals surface area contributed by atoms with E-state index < -0.39 is 0 Å². The van der Waals surface area contributed by atoms with Crippen LogP contribution in [-0.4, -0.2) is 24.9 Å². The van der Waals surface area contributed by atoms with E-state index in [1.165, 1.54) is 18.5 Å². The summed E-state index contributed by atoms with van der Waals surface area (Å²) in [6, 6.07) is 16.0. The smallest absolute Gasteiger partial charge is 0.232 e. The SMILES string of the molecule is O=C(CC[C@H]1C(=O)Nc2ccccc21)NCc1ccccc1N1CCCC1. The Labute approximate surface area is 159 Å². The number of carbonyl (C=O) groups excluding carboxylic acids is 2. The molecule has 2 aliphatic heterocycles. The molecule has 0 saturated carbocycles. The fourth-order valence-electron chi connectivity index (χ4n) is 4.05. The molecule has 0 aliphatic carbocycles. The molecule has 0 unspecified atom stereocenters. The van der Waals surface area contributed by atoms with E-state index in [0.717, 1.165) is 29.9 Å². The lowest BCUT2D eigenvalue weighted by Gasteiger charge is -2.21. The van der Waals surface area contributed by atoms with Crippen LogP contribution in [0.2, 0.25) is 0 Å². The Morgan fingerprint density at radius 3 is 2.67 bits per heavy atom. The van der Waals surface area contributed by atoms with Crippen molar-refractivity contribution in [3.63, 3.8) is 0 Å². The monoisotopic (exact) mass is 363 g/mol. The zero-order valence-corrected chi connectivity index (χ0v) is 15.4. The Kier molecular flexibility index (Phi) is 5.10. The van der Waals surface area contributed by atoms with E-state index in [2.05, 4.69) is 33.7 Å². The highest BCUT2D eigenvalue weighted by Crippen LogP contribution is 2.35. The van der Waals surface area contributed by atoms with Crippen LogP contribution in [0.4, 0.5) is 11.4 Å². The normalized spacial score (nSPS) is 18.3. The van der Waals surface area contributed by atoms with Gasteiger partial charge in [0.05, 0.1) is 5.92 Å². The summed E-state index contributed by atoms with van der Waals surface area (Å²) in [5, 5.41) is 5.92. The fraction of sp³-hybridized carbons (Fsp3) is 0.364. The quantitative estimate of drug-likeness (QED) is 0.827. The van der Waals surface area contributed by atoms with Gasteiger partial charge in [-0.2, -0.15) is 0 Å². The first-order chi connectivity index (χ1) is 13.2. The molecule has 1 atom stereocenters. The number of nitrogens with one attached hydrogen (secondary N) is 2. The number of para-hydroxylation sites is 2. The molecular formula is C22H25N3O2. The van der Waals surface area contributed by atoms with E-state index >= 15 is 0 Å². The van der Waals surface area contributed by atoms with Gasteiger partial charge in [0.15, 0.2) is 0 Å². The zero-order valence-electron chi connectivity index (χ0n) is 15.4. The molecule has 27 heavy (non-hydrogen) atoms. The molecule has 2 aliphatic rings. The second kappa shape index (κ2) is 7.82. The van der Waals surface area contributed by atoms with Crippen molar-refractivity contribution in [2.75, 3.05) is 23.3 Å². The minimum Gasteiger partial charge on any atom is -0.371 e. The van der Waals surface area contributed by atoms with Gasteiger partial charge < -0.3 is 15.5 Å². The number of fused-ring (bicyclic) bond motifs is 1. The molecule has 2 amide bonds. The Balaban J connectivity index is 1.33. The molecule has 0 spiro atoms. The van der Waals surface area contributed by atoms with Gasteiger partial charge in [0.25, 0.3) is 0 Å². The van der Waals surface area contributed by atoms with Gasteiger partial charge >= 0.3 is 0 Å². The van der Waals surface area contributed by atoms with Gasteiger partial charge in [-0.25, -0.2) is 0 Å². The average Bonchev–Trinajstić information content (AvgIpc) is 3.32. The lowest BCUT2D eigenvalue weighted by molar-refractivity contribution is -0.121. The Bertz CT molecular complexity index is 843. The first kappa shape index (κ1) is 17.6. The largest absolute Gasteiger partial charge is 0.371 e. The lowest BCUT2D eigenvalue weighted by Crippen LogP contribution is -2.26. The fourth-order valence-corrected chi connectivity index (χ4v) is 4.05. The molecule has 1 fully saturated rings. The van der Waals surface area contributed by atoms with Crippen LogP contribution in [0.3, 0.4) is 0 Å². The molecule has 0 bridgehead atoms. The second-order valence-corrected chi connectivity index (χ2v) is 7.27. The zero-order chi connectivity index (χ0) is 18.6. The third-order valence-corrected chi connectivity index (χ3v) is 5.49. The number of nitrogens with zero attached hydrogens (tertiary/aromatic N) is 1. The van der Waals surface area contributed by atoms with Gasteiger partial charge in [-0.1, -0.05) is 36.4 Å². The molecule has 1 saturated heterocycles. The lowest BCUT2D eigenvalue weighted by atomic mass is 9.95. The molecule has 2 aromatic carbocycles. The first-order valence-corrected chi connectivity index (χ1v) is 9.72. The molecule has 0 radical (unpaired) electrons. The molecule has 2 heterocycles. The molecule has 4 rings (SSSR count). The van der Waals surface area contributed by atoms with Crippen molar-refractivity contribution in [1.29, 1.82) is 0 Å². The van der Waals surface area contributed by atoms with Crippen molar-refractivity contribution >= 4 is 23.2 Å². The number of benzene rings is 2. The van der Waals surface area contributed by atoms with Gasteiger partial charge in [0.2, 0.25) is 11.8 Å². The number of carbonyl (C=O) groups is 2. The number of hydrogen-bond donors (Lipinski definition) is 2. The highest BCUT2D eigenvalue weighted by atomic mass is 16.2. The predicted molar refractivity (Wildman–Crippen MR) is 107 cm³/mol. The maximum absolute atomic E-state index is 12.4. The molecule has 2 N–H and O–H groups in total. The second-order valence-electron chi connectivity index (χ2n) is 7.27. The van der Waals surface area contributed by atoms with Crippen LogP contribution in [0, 0.1) is 0 Å². The molecule has 0 aromatic heterocycles. The van der Waals surface area contributed by atoms with Gasteiger partial charge in [0.1, 0.15) is 0 Å². The van der Waals surface area contributed by atoms with Crippen LogP contribution in [0.15, 0.2) is 48.5 Å². The van der Waals surface area contributed by atoms with E-state index in [1.807, 2.05) is 30.3 Å². The van der Waals surface area contributed by atoms with Crippen LogP contribution in [-0.2, 0) is 16.1 Å². The van der Waals surface area contributed by atoms with Gasteiger partial charge in [0, 0.05) is 37.4 Å². The molecule has 2 aromatic rings. The van der Waals surface area contributed by atoms with Crippen molar-refractivity contribution < 1.29 is 9.59 Å². The third kappa shape index (κ3) is 3.82. The van der Waals surface area contributed by atoms with E-state index in [9.17, 15) is 9.59 Å². The number of amides is 2. The predicted octanol–water partition coefficient (Wildman–Crippen LogP) is 3.42. The van der Waals surface area contributed by atoms with Crippen LogP contribution in [0.1, 0.15) is 42.7 Å². The average molecular weight is 363 g/mol.